The van der Waals surface area contributed by atoms with E-state index in [0.29, 0.717) is 23.9 Å². The average molecular weight is 420 g/mol. The van der Waals surface area contributed by atoms with Gasteiger partial charge in [-0.25, -0.2) is 9.97 Å². The van der Waals surface area contributed by atoms with Crippen molar-refractivity contribution in [3.8, 4) is 0 Å². The summed E-state index contributed by atoms with van der Waals surface area (Å²) in [4.78, 5) is 8.99. The maximum absolute atomic E-state index is 4.80. The third-order valence-electron chi connectivity index (χ3n) is 6.31. The molecule has 2 atom stereocenters. The summed E-state index contributed by atoms with van der Waals surface area (Å²) in [5, 5.41) is 3.67. The molecule has 2 fully saturated rings. The molecular formula is C20H30BrN5. The van der Waals surface area contributed by atoms with Crippen molar-refractivity contribution in [2.75, 3.05) is 6.54 Å². The second kappa shape index (κ2) is 8.26. The van der Waals surface area contributed by atoms with E-state index < -0.39 is 0 Å². The molecular weight excluding hydrogens is 390 g/mol. The smallest absolute Gasteiger partial charge is 0.121 e. The van der Waals surface area contributed by atoms with Crippen LogP contribution in [-0.4, -0.2) is 30.7 Å². The zero-order valence-electron chi connectivity index (χ0n) is 15.6. The van der Waals surface area contributed by atoms with Crippen molar-refractivity contribution in [3.63, 3.8) is 0 Å². The molecule has 2 aromatic heterocycles. The molecule has 6 heteroatoms. The summed E-state index contributed by atoms with van der Waals surface area (Å²) in [5.41, 5.74) is 1.35. The zero-order valence-corrected chi connectivity index (χ0v) is 17.2. The van der Waals surface area contributed by atoms with Crippen molar-refractivity contribution in [1.29, 1.82) is 0 Å². The van der Waals surface area contributed by atoms with E-state index in [1.807, 2.05) is 12.5 Å². The number of imidazole rings is 2. The van der Waals surface area contributed by atoms with Crippen molar-refractivity contribution in [3.05, 3.63) is 36.4 Å². The molecule has 0 spiro atoms. The minimum absolute atomic E-state index is 0.473. The minimum atomic E-state index is 0.473. The Bertz CT molecular complexity index is 681. The maximum atomic E-state index is 4.80. The number of hydrogen-bond donors (Lipinski definition) is 1. The third-order valence-corrected chi connectivity index (χ3v) is 7.08. The Labute approximate surface area is 164 Å². The van der Waals surface area contributed by atoms with Gasteiger partial charge in [0.2, 0.25) is 0 Å². The Balaban J connectivity index is 1.37. The van der Waals surface area contributed by atoms with E-state index in [1.165, 1.54) is 69.4 Å². The lowest BCUT2D eigenvalue weighted by atomic mass is 9.84. The summed E-state index contributed by atoms with van der Waals surface area (Å²) >= 11 is 3.82. The van der Waals surface area contributed by atoms with Crippen molar-refractivity contribution in [1.82, 2.24) is 23.4 Å². The second-order valence-electron chi connectivity index (χ2n) is 8.12. The molecule has 4 rings (SSSR count). The van der Waals surface area contributed by atoms with Gasteiger partial charge in [-0.2, -0.15) is 0 Å². The molecule has 0 bridgehead atoms. The predicted octanol–water partition coefficient (Wildman–Crippen LogP) is 4.77. The molecule has 1 aliphatic carbocycles. The van der Waals surface area contributed by atoms with Crippen molar-refractivity contribution in [2.45, 2.75) is 82.2 Å². The Kier molecular flexibility index (Phi) is 5.79. The average Bonchev–Trinajstić information content (AvgIpc) is 3.33. The number of hydrogen-bond acceptors (Lipinski definition) is 3. The molecule has 0 aromatic carbocycles. The lowest BCUT2D eigenvalue weighted by molar-refractivity contribution is 0.319. The maximum Gasteiger partial charge on any atom is 0.121 e. The fourth-order valence-electron chi connectivity index (χ4n) is 4.76. The van der Waals surface area contributed by atoms with Crippen LogP contribution in [-0.2, 0) is 0 Å². The van der Waals surface area contributed by atoms with Gasteiger partial charge in [-0.15, -0.1) is 0 Å². The SMILES string of the molecule is CC(CC1CCCCN1)c1ncc(C2CCC(n3ccnc3)CC2)n1Br. The summed E-state index contributed by atoms with van der Waals surface area (Å²) < 4.78 is 4.48. The summed E-state index contributed by atoms with van der Waals surface area (Å²) in [6.07, 6.45) is 18.1. The molecule has 0 radical (unpaired) electrons. The van der Waals surface area contributed by atoms with Crippen LogP contribution in [0.5, 0.6) is 0 Å². The van der Waals surface area contributed by atoms with E-state index in [-0.39, 0.29) is 0 Å². The zero-order chi connectivity index (χ0) is 17.9. The van der Waals surface area contributed by atoms with Crippen LogP contribution in [0.25, 0.3) is 0 Å². The van der Waals surface area contributed by atoms with E-state index >= 15 is 0 Å². The number of aromatic nitrogens is 4. The number of nitrogens with one attached hydrogen (secondary N) is 1. The van der Waals surface area contributed by atoms with E-state index in [2.05, 4.69) is 53.9 Å². The normalized spacial score (nSPS) is 28.2. The molecule has 1 saturated carbocycles. The van der Waals surface area contributed by atoms with Crippen LogP contribution in [0.2, 0.25) is 0 Å². The number of rotatable bonds is 5. The minimum Gasteiger partial charge on any atom is -0.334 e. The van der Waals surface area contributed by atoms with Crippen molar-refractivity contribution < 1.29 is 0 Å². The topological polar surface area (TPSA) is 47.7 Å². The van der Waals surface area contributed by atoms with Crippen LogP contribution >= 0.6 is 16.1 Å². The summed E-state index contributed by atoms with van der Waals surface area (Å²) in [7, 11) is 0. The Morgan fingerprint density at radius 1 is 1.23 bits per heavy atom. The van der Waals surface area contributed by atoms with Crippen molar-refractivity contribution in [2.24, 2.45) is 0 Å². The summed E-state index contributed by atoms with van der Waals surface area (Å²) in [6, 6.07) is 1.26. The summed E-state index contributed by atoms with van der Waals surface area (Å²) in [5.74, 6) is 2.26. The first-order valence-electron chi connectivity index (χ1n) is 10.2. The molecule has 1 aliphatic heterocycles. The van der Waals surface area contributed by atoms with Crippen LogP contribution in [0.15, 0.2) is 24.9 Å². The van der Waals surface area contributed by atoms with Gasteiger partial charge in [0.25, 0.3) is 0 Å². The first-order valence-corrected chi connectivity index (χ1v) is 10.9. The molecule has 2 unspecified atom stereocenters. The number of piperidine rings is 1. The molecule has 1 saturated heterocycles. The van der Waals surface area contributed by atoms with Gasteiger partial charge in [0, 0.05) is 42.5 Å². The van der Waals surface area contributed by atoms with Crippen LogP contribution in [0, 0.1) is 0 Å². The number of nitrogens with zero attached hydrogens (tertiary/aromatic N) is 4. The third kappa shape index (κ3) is 3.91. The molecule has 1 N–H and O–H groups in total. The van der Waals surface area contributed by atoms with Gasteiger partial charge >= 0.3 is 0 Å². The van der Waals surface area contributed by atoms with E-state index in [9.17, 15) is 0 Å². The highest BCUT2D eigenvalue weighted by molar-refractivity contribution is 9.08. The molecule has 0 amide bonds. The Hall–Kier alpha value is -1.14. The first kappa shape index (κ1) is 18.2. The van der Waals surface area contributed by atoms with Gasteiger partial charge in [0.1, 0.15) is 5.82 Å². The molecule has 3 heterocycles. The van der Waals surface area contributed by atoms with Crippen molar-refractivity contribution >= 4 is 16.1 Å². The molecule has 26 heavy (non-hydrogen) atoms. The van der Waals surface area contributed by atoms with Crippen LogP contribution < -0.4 is 5.32 Å². The second-order valence-corrected chi connectivity index (χ2v) is 8.83. The Morgan fingerprint density at radius 3 is 2.77 bits per heavy atom. The van der Waals surface area contributed by atoms with Crippen LogP contribution in [0.3, 0.4) is 0 Å². The molecule has 2 aliphatic rings. The highest BCUT2D eigenvalue weighted by Crippen LogP contribution is 2.39. The van der Waals surface area contributed by atoms with E-state index in [1.54, 1.807) is 0 Å². The standard InChI is InChI=1S/C20H30BrN5/c1-15(12-17-4-2-3-9-23-17)20-24-13-19(26(20)21)16-5-7-18(8-6-16)25-11-10-22-14-25/h10-11,13-18,23H,2-9,12H2,1H3. The lowest BCUT2D eigenvalue weighted by Crippen LogP contribution is -2.35. The Morgan fingerprint density at radius 2 is 2.08 bits per heavy atom. The van der Waals surface area contributed by atoms with E-state index in [4.69, 9.17) is 4.98 Å². The fourth-order valence-corrected chi connectivity index (χ4v) is 5.59. The monoisotopic (exact) mass is 419 g/mol. The highest BCUT2D eigenvalue weighted by Gasteiger charge is 2.27. The molecule has 5 nitrogen and oxygen atoms in total. The largest absolute Gasteiger partial charge is 0.334 e. The number of halogens is 1. The van der Waals surface area contributed by atoms with Gasteiger partial charge in [-0.1, -0.05) is 13.3 Å². The lowest BCUT2D eigenvalue weighted by Gasteiger charge is -2.29. The van der Waals surface area contributed by atoms with Gasteiger partial charge in [-0.3, -0.25) is 3.59 Å². The molecule has 2 aromatic rings. The van der Waals surface area contributed by atoms with E-state index in [0.717, 1.165) is 0 Å². The van der Waals surface area contributed by atoms with Gasteiger partial charge in [0.05, 0.1) is 28.2 Å². The van der Waals surface area contributed by atoms with Gasteiger partial charge in [-0.05, 0) is 51.5 Å². The van der Waals surface area contributed by atoms with Crippen LogP contribution in [0.4, 0.5) is 0 Å². The first-order chi connectivity index (χ1) is 12.7. The molecule has 142 valence electrons. The predicted molar refractivity (Wildman–Crippen MR) is 108 cm³/mol. The quantitative estimate of drug-likeness (QED) is 0.758. The highest BCUT2D eigenvalue weighted by atomic mass is 79.9. The van der Waals surface area contributed by atoms with Gasteiger partial charge in [0.15, 0.2) is 0 Å². The van der Waals surface area contributed by atoms with Gasteiger partial charge < -0.3 is 9.88 Å². The van der Waals surface area contributed by atoms with Crippen LogP contribution in [0.1, 0.15) is 87.7 Å². The fraction of sp³-hybridized carbons (Fsp3) is 0.700. The summed E-state index contributed by atoms with van der Waals surface area (Å²) in [6.45, 7) is 3.49.